The van der Waals surface area contributed by atoms with E-state index in [1.165, 1.54) is 6.07 Å². The summed E-state index contributed by atoms with van der Waals surface area (Å²) in [6.07, 6.45) is 0.582. The molecule has 5 nitrogen and oxygen atoms in total. The molecule has 0 saturated heterocycles. The van der Waals surface area contributed by atoms with Crippen molar-refractivity contribution in [2.45, 2.75) is 13.3 Å². The number of halogens is 1. The second-order valence-corrected chi connectivity index (χ2v) is 6.79. The van der Waals surface area contributed by atoms with Gasteiger partial charge in [0, 0.05) is 5.02 Å². The van der Waals surface area contributed by atoms with E-state index in [2.05, 4.69) is 0 Å². The number of sulfone groups is 1. The fraction of sp³-hybridized carbons (Fsp3) is 0.417. The Morgan fingerprint density at radius 3 is 2.68 bits per heavy atom. The number of hydrogen-bond acceptors (Lipinski definition) is 4. The third-order valence-corrected chi connectivity index (χ3v) is 4.45. The Morgan fingerprint density at radius 1 is 1.42 bits per heavy atom. The van der Waals surface area contributed by atoms with Gasteiger partial charge in [-0.05, 0) is 24.6 Å². The molecule has 0 amide bonds. The molecule has 1 aromatic carbocycles. The third-order valence-electron chi connectivity index (χ3n) is 2.40. The van der Waals surface area contributed by atoms with E-state index in [4.69, 9.17) is 27.5 Å². The highest BCUT2D eigenvalue weighted by atomic mass is 35.5. The van der Waals surface area contributed by atoms with Gasteiger partial charge in [0.1, 0.15) is 18.2 Å². The van der Waals surface area contributed by atoms with Gasteiger partial charge < -0.3 is 10.5 Å². The summed E-state index contributed by atoms with van der Waals surface area (Å²) < 4.78 is 28.4. The van der Waals surface area contributed by atoms with E-state index in [0.29, 0.717) is 22.8 Å². The fourth-order valence-corrected chi connectivity index (χ4v) is 2.86. The maximum Gasteiger partial charge on any atom is 0.153 e. The second kappa shape index (κ2) is 6.77. The van der Waals surface area contributed by atoms with Crippen molar-refractivity contribution in [1.29, 1.82) is 5.41 Å². The van der Waals surface area contributed by atoms with Crippen LogP contribution in [0, 0.1) is 5.41 Å². The van der Waals surface area contributed by atoms with E-state index < -0.39 is 9.84 Å². The summed E-state index contributed by atoms with van der Waals surface area (Å²) in [5, 5.41) is 7.85. The molecule has 1 rings (SSSR count). The average Bonchev–Trinajstić information content (AvgIpc) is 2.28. The van der Waals surface area contributed by atoms with Crippen LogP contribution in [0.15, 0.2) is 18.2 Å². The first-order chi connectivity index (χ1) is 8.85. The van der Waals surface area contributed by atoms with Crippen LogP contribution < -0.4 is 10.5 Å². The molecule has 0 fully saturated rings. The number of nitrogens with two attached hydrogens (primary N) is 1. The summed E-state index contributed by atoms with van der Waals surface area (Å²) in [6.45, 7) is 1.83. The summed E-state index contributed by atoms with van der Waals surface area (Å²) in [6, 6.07) is 4.68. The van der Waals surface area contributed by atoms with Crippen molar-refractivity contribution in [2.24, 2.45) is 5.73 Å². The molecule has 0 aliphatic rings. The van der Waals surface area contributed by atoms with Crippen LogP contribution in [0.25, 0.3) is 0 Å². The largest absolute Gasteiger partial charge is 0.492 e. The maximum absolute atomic E-state index is 11.5. The SMILES string of the molecule is CCCS(=O)(=O)CCOc1cc(Cl)ccc1C(=N)N. The van der Waals surface area contributed by atoms with Crippen LogP contribution in [0.5, 0.6) is 5.75 Å². The molecule has 0 unspecified atom stereocenters. The first kappa shape index (κ1) is 15.8. The molecule has 19 heavy (non-hydrogen) atoms. The van der Waals surface area contributed by atoms with Crippen LogP contribution in [-0.2, 0) is 9.84 Å². The summed E-state index contributed by atoms with van der Waals surface area (Å²) >= 11 is 5.83. The zero-order valence-electron chi connectivity index (χ0n) is 10.6. The van der Waals surface area contributed by atoms with Gasteiger partial charge in [0.05, 0.1) is 17.1 Å². The third kappa shape index (κ3) is 5.08. The molecule has 0 heterocycles. The van der Waals surface area contributed by atoms with Crippen molar-refractivity contribution in [2.75, 3.05) is 18.1 Å². The van der Waals surface area contributed by atoms with Gasteiger partial charge in [-0.1, -0.05) is 18.5 Å². The van der Waals surface area contributed by atoms with Crippen LogP contribution in [0.4, 0.5) is 0 Å². The Balaban J connectivity index is 2.73. The van der Waals surface area contributed by atoms with Crippen LogP contribution in [-0.4, -0.2) is 32.4 Å². The normalized spacial score (nSPS) is 11.3. The molecule has 3 N–H and O–H groups in total. The summed E-state index contributed by atoms with van der Waals surface area (Å²) in [4.78, 5) is 0. The van der Waals surface area contributed by atoms with Crippen LogP contribution in [0.2, 0.25) is 5.02 Å². The van der Waals surface area contributed by atoms with Gasteiger partial charge in [-0.2, -0.15) is 0 Å². The Kier molecular flexibility index (Phi) is 5.62. The first-order valence-electron chi connectivity index (χ1n) is 5.83. The minimum Gasteiger partial charge on any atom is -0.492 e. The lowest BCUT2D eigenvalue weighted by Crippen LogP contribution is -2.18. The molecule has 1 aromatic rings. The number of nitrogen functional groups attached to an aromatic ring is 1. The van der Waals surface area contributed by atoms with E-state index in [0.717, 1.165) is 0 Å². The van der Waals surface area contributed by atoms with Crippen molar-refractivity contribution in [1.82, 2.24) is 0 Å². The molecular weight excluding hydrogens is 288 g/mol. The summed E-state index contributed by atoms with van der Waals surface area (Å²) in [7, 11) is -3.09. The van der Waals surface area contributed by atoms with E-state index >= 15 is 0 Å². The van der Waals surface area contributed by atoms with Crippen LogP contribution in [0.3, 0.4) is 0 Å². The van der Waals surface area contributed by atoms with Gasteiger partial charge in [-0.15, -0.1) is 0 Å². The summed E-state index contributed by atoms with van der Waals surface area (Å²) in [5.74, 6) is 0.255. The molecule has 0 atom stereocenters. The Morgan fingerprint density at radius 2 is 2.11 bits per heavy atom. The molecule has 0 aromatic heterocycles. The van der Waals surface area contributed by atoms with Crippen LogP contribution in [0.1, 0.15) is 18.9 Å². The second-order valence-electron chi connectivity index (χ2n) is 4.05. The van der Waals surface area contributed by atoms with E-state index in [1.807, 2.05) is 6.92 Å². The Labute approximate surface area is 118 Å². The predicted octanol–water partition coefficient (Wildman–Crippen LogP) is 1.83. The molecule has 0 saturated carbocycles. The average molecular weight is 305 g/mol. The minimum absolute atomic E-state index is 0.0168. The van der Waals surface area contributed by atoms with E-state index in [9.17, 15) is 8.42 Å². The lowest BCUT2D eigenvalue weighted by molar-refractivity contribution is 0.340. The molecule has 0 aliphatic heterocycles. The van der Waals surface area contributed by atoms with Gasteiger partial charge >= 0.3 is 0 Å². The van der Waals surface area contributed by atoms with Gasteiger partial charge in [-0.3, -0.25) is 5.41 Å². The maximum atomic E-state index is 11.5. The van der Waals surface area contributed by atoms with Crippen LogP contribution >= 0.6 is 11.6 Å². The smallest absolute Gasteiger partial charge is 0.153 e. The monoisotopic (exact) mass is 304 g/mol. The topological polar surface area (TPSA) is 93.2 Å². The molecule has 0 aliphatic carbocycles. The van der Waals surface area contributed by atoms with Crippen molar-refractivity contribution >= 4 is 27.3 Å². The highest BCUT2D eigenvalue weighted by molar-refractivity contribution is 7.91. The van der Waals surface area contributed by atoms with Gasteiger partial charge in [-0.25, -0.2) is 8.42 Å². The van der Waals surface area contributed by atoms with E-state index in [1.54, 1.807) is 12.1 Å². The minimum atomic E-state index is -3.09. The highest BCUT2D eigenvalue weighted by Gasteiger charge is 2.12. The first-order valence-corrected chi connectivity index (χ1v) is 8.03. The molecule has 0 radical (unpaired) electrons. The number of hydrogen-bond donors (Lipinski definition) is 2. The Bertz CT molecular complexity index is 558. The van der Waals surface area contributed by atoms with Crippen molar-refractivity contribution < 1.29 is 13.2 Å². The number of rotatable bonds is 7. The van der Waals surface area contributed by atoms with Gasteiger partial charge in [0.2, 0.25) is 0 Å². The fourth-order valence-electron chi connectivity index (χ4n) is 1.53. The molecule has 7 heteroatoms. The zero-order valence-corrected chi connectivity index (χ0v) is 12.2. The lowest BCUT2D eigenvalue weighted by Gasteiger charge is -2.11. The van der Waals surface area contributed by atoms with Crippen molar-refractivity contribution in [3.63, 3.8) is 0 Å². The molecule has 0 spiro atoms. The Hall–Kier alpha value is -1.27. The van der Waals surface area contributed by atoms with Crippen molar-refractivity contribution in [3.05, 3.63) is 28.8 Å². The predicted molar refractivity (Wildman–Crippen MR) is 76.9 cm³/mol. The molecule has 0 bridgehead atoms. The van der Waals surface area contributed by atoms with Gasteiger partial charge in [0.25, 0.3) is 0 Å². The number of amidine groups is 1. The number of benzene rings is 1. The quantitative estimate of drug-likeness (QED) is 0.593. The zero-order chi connectivity index (χ0) is 14.5. The molecular formula is C12H17ClN2O3S. The number of nitrogens with one attached hydrogen (secondary N) is 1. The summed E-state index contributed by atoms with van der Waals surface area (Å²) in [5.41, 5.74) is 5.81. The number of ether oxygens (including phenoxy) is 1. The van der Waals surface area contributed by atoms with E-state index in [-0.39, 0.29) is 23.9 Å². The van der Waals surface area contributed by atoms with Gasteiger partial charge in [0.15, 0.2) is 9.84 Å². The van der Waals surface area contributed by atoms with Crippen molar-refractivity contribution in [3.8, 4) is 5.75 Å². The molecule has 106 valence electrons. The highest BCUT2D eigenvalue weighted by Crippen LogP contribution is 2.23. The lowest BCUT2D eigenvalue weighted by atomic mass is 10.2. The standard InChI is InChI=1S/C12H17ClN2O3S/c1-2-6-19(16,17)7-5-18-11-8-9(13)3-4-10(11)12(14)15/h3-4,8H,2,5-7H2,1H3,(H3,14,15).